The van der Waals surface area contributed by atoms with E-state index in [2.05, 4.69) is 15.4 Å². The lowest BCUT2D eigenvalue weighted by molar-refractivity contribution is 0.251. The van der Waals surface area contributed by atoms with E-state index in [1.54, 1.807) is 48.2 Å². The first-order valence-corrected chi connectivity index (χ1v) is 6.65. The lowest BCUT2D eigenvalue weighted by atomic mass is 10.3. The molecule has 1 aromatic carbocycles. The number of carbonyl (C=O) groups excluding carboxylic acids is 1. The second-order valence-electron chi connectivity index (χ2n) is 4.85. The Labute approximate surface area is 128 Å². The van der Waals surface area contributed by atoms with Gasteiger partial charge in [-0.3, -0.25) is 0 Å². The zero-order chi connectivity index (χ0) is 15.6. The molecule has 0 aliphatic heterocycles. The van der Waals surface area contributed by atoms with Crippen molar-refractivity contribution in [2.75, 3.05) is 43.3 Å². The summed E-state index contributed by atoms with van der Waals surface area (Å²) in [6.45, 7) is 0. The summed E-state index contributed by atoms with van der Waals surface area (Å²) >= 11 is 5.82. The maximum absolute atomic E-state index is 12.3. The molecular formula is C13H17ClN6O. The summed E-state index contributed by atoms with van der Waals surface area (Å²) in [6.07, 6.45) is 0. The largest absolute Gasteiger partial charge is 0.349 e. The molecular weight excluding hydrogens is 292 g/mol. The Morgan fingerprint density at radius 2 is 1.76 bits per heavy atom. The van der Waals surface area contributed by atoms with E-state index in [0.29, 0.717) is 22.6 Å². The summed E-state index contributed by atoms with van der Waals surface area (Å²) in [5, 5.41) is 7.56. The van der Waals surface area contributed by atoms with Crippen molar-refractivity contribution >= 4 is 35.2 Å². The van der Waals surface area contributed by atoms with Gasteiger partial charge in [0.05, 0.1) is 0 Å². The Balaban J connectivity index is 2.27. The van der Waals surface area contributed by atoms with Crippen LogP contribution in [0.2, 0.25) is 5.02 Å². The van der Waals surface area contributed by atoms with Gasteiger partial charge in [0.15, 0.2) is 0 Å². The second kappa shape index (κ2) is 6.01. The van der Waals surface area contributed by atoms with Crippen molar-refractivity contribution in [3.8, 4) is 0 Å². The van der Waals surface area contributed by atoms with Gasteiger partial charge in [-0.25, -0.2) is 4.79 Å². The van der Waals surface area contributed by atoms with Crippen LogP contribution in [0.1, 0.15) is 0 Å². The van der Waals surface area contributed by atoms with Crippen LogP contribution in [0.4, 0.5) is 22.4 Å². The molecule has 1 amide bonds. The lowest BCUT2D eigenvalue weighted by Crippen LogP contribution is -2.25. The van der Waals surface area contributed by atoms with E-state index in [-0.39, 0.29) is 6.03 Å². The van der Waals surface area contributed by atoms with E-state index in [4.69, 9.17) is 11.6 Å². The molecule has 1 N–H and O–H groups in total. The first-order valence-electron chi connectivity index (χ1n) is 6.27. The van der Waals surface area contributed by atoms with Gasteiger partial charge in [0.25, 0.3) is 0 Å². The monoisotopic (exact) mass is 308 g/mol. The van der Waals surface area contributed by atoms with Crippen LogP contribution >= 0.6 is 11.6 Å². The summed E-state index contributed by atoms with van der Waals surface area (Å²) in [7, 11) is 7.23. The summed E-state index contributed by atoms with van der Waals surface area (Å²) < 4.78 is 1.23. The Morgan fingerprint density at radius 3 is 2.29 bits per heavy atom. The molecule has 0 saturated heterocycles. The second-order valence-corrected chi connectivity index (χ2v) is 5.29. The van der Waals surface area contributed by atoms with Gasteiger partial charge in [0, 0.05) is 38.9 Å². The van der Waals surface area contributed by atoms with Crippen LogP contribution < -0.4 is 15.1 Å². The molecule has 0 aliphatic rings. The average Bonchev–Trinajstić information content (AvgIpc) is 2.87. The molecule has 2 aromatic rings. The molecule has 112 valence electrons. The Kier molecular flexibility index (Phi) is 4.32. The smallest absolute Gasteiger partial charge is 0.347 e. The number of nitrogens with zero attached hydrogens (tertiary/aromatic N) is 5. The van der Waals surface area contributed by atoms with E-state index in [1.807, 2.05) is 14.1 Å². The van der Waals surface area contributed by atoms with Crippen LogP contribution in [0, 0.1) is 0 Å². The molecule has 2 rings (SSSR count). The first kappa shape index (κ1) is 15.1. The number of rotatable bonds is 3. The average molecular weight is 309 g/mol. The van der Waals surface area contributed by atoms with Crippen molar-refractivity contribution in [1.82, 2.24) is 14.8 Å². The van der Waals surface area contributed by atoms with Crippen LogP contribution in [0.25, 0.3) is 0 Å². The number of hydrogen-bond donors (Lipinski definition) is 1. The zero-order valence-electron chi connectivity index (χ0n) is 12.3. The van der Waals surface area contributed by atoms with Crippen LogP contribution in [0.5, 0.6) is 0 Å². The molecule has 7 nitrogen and oxygen atoms in total. The molecule has 0 fully saturated rings. The van der Waals surface area contributed by atoms with E-state index in [0.717, 1.165) is 0 Å². The van der Waals surface area contributed by atoms with Crippen molar-refractivity contribution in [2.45, 2.75) is 0 Å². The Hall–Kier alpha value is -2.28. The maximum atomic E-state index is 12.3. The fourth-order valence-corrected chi connectivity index (χ4v) is 1.74. The number of halogens is 1. The summed E-state index contributed by atoms with van der Waals surface area (Å²) in [4.78, 5) is 20.1. The number of carbonyl (C=O) groups is 1. The molecule has 8 heteroatoms. The van der Waals surface area contributed by atoms with Gasteiger partial charge in [0.2, 0.25) is 11.9 Å². The highest BCUT2D eigenvalue weighted by atomic mass is 35.5. The topological polar surface area (TPSA) is 66.3 Å². The van der Waals surface area contributed by atoms with E-state index < -0.39 is 0 Å². The molecule has 1 heterocycles. The predicted octanol–water partition coefficient (Wildman–Crippen LogP) is 2.14. The SMILES string of the molecule is CN(C)c1nc(N(C)C)n(C(=O)Nc2ccc(Cl)cc2)n1. The first-order chi connectivity index (χ1) is 9.88. The van der Waals surface area contributed by atoms with Gasteiger partial charge in [0.1, 0.15) is 0 Å². The fraction of sp³-hybridized carbons (Fsp3) is 0.308. The minimum atomic E-state index is -0.387. The number of amides is 1. The van der Waals surface area contributed by atoms with Gasteiger partial charge in [-0.2, -0.15) is 4.98 Å². The number of anilines is 3. The normalized spacial score (nSPS) is 10.3. The van der Waals surface area contributed by atoms with Gasteiger partial charge in [-0.1, -0.05) is 11.6 Å². The number of hydrogen-bond acceptors (Lipinski definition) is 5. The molecule has 21 heavy (non-hydrogen) atoms. The van der Waals surface area contributed by atoms with Crippen LogP contribution in [0.3, 0.4) is 0 Å². The van der Waals surface area contributed by atoms with Gasteiger partial charge >= 0.3 is 6.03 Å². The molecule has 0 bridgehead atoms. The summed E-state index contributed by atoms with van der Waals surface area (Å²) in [6, 6.07) is 6.47. The van der Waals surface area contributed by atoms with Crippen molar-refractivity contribution < 1.29 is 4.79 Å². The van der Waals surface area contributed by atoms with Crippen molar-refractivity contribution in [3.63, 3.8) is 0 Å². The van der Waals surface area contributed by atoms with E-state index in [1.165, 1.54) is 4.68 Å². The van der Waals surface area contributed by atoms with E-state index >= 15 is 0 Å². The molecule has 0 saturated carbocycles. The highest BCUT2D eigenvalue weighted by Gasteiger charge is 2.18. The molecule has 0 radical (unpaired) electrons. The van der Waals surface area contributed by atoms with Gasteiger partial charge < -0.3 is 15.1 Å². The van der Waals surface area contributed by atoms with Crippen molar-refractivity contribution in [2.24, 2.45) is 0 Å². The number of nitrogens with one attached hydrogen (secondary N) is 1. The minimum Gasteiger partial charge on any atom is -0.347 e. The molecule has 0 unspecified atom stereocenters. The third-order valence-corrected chi connectivity index (χ3v) is 2.92. The summed E-state index contributed by atoms with van der Waals surface area (Å²) in [5.74, 6) is 0.912. The zero-order valence-corrected chi connectivity index (χ0v) is 13.1. The van der Waals surface area contributed by atoms with Gasteiger partial charge in [-0.15, -0.1) is 9.78 Å². The number of benzene rings is 1. The molecule has 0 atom stereocenters. The third kappa shape index (κ3) is 3.43. The maximum Gasteiger partial charge on any atom is 0.349 e. The highest BCUT2D eigenvalue weighted by Crippen LogP contribution is 2.16. The minimum absolute atomic E-state index is 0.387. The number of aromatic nitrogens is 3. The van der Waals surface area contributed by atoms with Gasteiger partial charge in [-0.05, 0) is 24.3 Å². The lowest BCUT2D eigenvalue weighted by Gasteiger charge is -2.12. The molecule has 0 aliphatic carbocycles. The Morgan fingerprint density at radius 1 is 1.14 bits per heavy atom. The van der Waals surface area contributed by atoms with Crippen molar-refractivity contribution in [3.05, 3.63) is 29.3 Å². The van der Waals surface area contributed by atoms with Crippen LogP contribution in [-0.4, -0.2) is 49.0 Å². The molecule has 0 spiro atoms. The summed E-state index contributed by atoms with van der Waals surface area (Å²) in [5.41, 5.74) is 0.635. The van der Waals surface area contributed by atoms with Crippen molar-refractivity contribution in [1.29, 1.82) is 0 Å². The third-order valence-electron chi connectivity index (χ3n) is 2.67. The molecule has 1 aromatic heterocycles. The highest BCUT2D eigenvalue weighted by molar-refractivity contribution is 6.30. The van der Waals surface area contributed by atoms with Crippen LogP contribution in [0.15, 0.2) is 24.3 Å². The quantitative estimate of drug-likeness (QED) is 0.941. The van der Waals surface area contributed by atoms with Crippen LogP contribution in [-0.2, 0) is 0 Å². The predicted molar refractivity (Wildman–Crippen MR) is 84.5 cm³/mol. The fourth-order valence-electron chi connectivity index (χ4n) is 1.62. The van der Waals surface area contributed by atoms with E-state index in [9.17, 15) is 4.79 Å². The Bertz CT molecular complexity index is 635. The standard InChI is InChI=1S/C13H17ClN6O/c1-18(2)11-16-12(19(3)4)20(17-11)13(21)15-10-7-5-9(14)6-8-10/h5-8H,1-4H3,(H,15,21).